The van der Waals surface area contributed by atoms with Crippen LogP contribution in [0, 0.1) is 0 Å². The van der Waals surface area contributed by atoms with E-state index < -0.39 is 0 Å². The topological polar surface area (TPSA) is 71.3 Å². The lowest BCUT2D eigenvalue weighted by atomic mass is 10.0. The first-order chi connectivity index (χ1) is 61.5. The van der Waals surface area contributed by atoms with E-state index in [2.05, 4.69) is 431 Å². The van der Waals surface area contributed by atoms with E-state index >= 15 is 0 Å². The summed E-state index contributed by atoms with van der Waals surface area (Å²) >= 11 is 0. The fourth-order valence-corrected chi connectivity index (χ4v) is 18.5. The van der Waals surface area contributed by atoms with Crippen molar-refractivity contribution >= 4 is 87.2 Å². The Morgan fingerprint density at radius 2 is 0.371 bits per heavy atom. The molecule has 0 radical (unpaired) electrons. The van der Waals surface area contributed by atoms with Crippen LogP contribution in [0.1, 0.15) is 0 Å². The lowest BCUT2D eigenvalue weighted by molar-refractivity contribution is 1.17. The number of para-hydroxylation sites is 8. The Balaban J connectivity index is 0.000000143. The van der Waals surface area contributed by atoms with Crippen LogP contribution < -0.4 is 0 Å². The monoisotopic (exact) mass is 1580 g/mol. The van der Waals surface area contributed by atoms with E-state index in [9.17, 15) is 0 Å². The van der Waals surface area contributed by atoms with Gasteiger partial charge in [-0.3, -0.25) is 0 Å². The average Bonchev–Trinajstić information content (AvgIpc) is 1.55. The fourth-order valence-electron chi connectivity index (χ4n) is 18.5. The van der Waals surface area contributed by atoms with Gasteiger partial charge in [0.15, 0.2) is 11.6 Å². The molecule has 0 saturated carbocycles. The van der Waals surface area contributed by atoms with Crippen LogP contribution in [0.25, 0.3) is 222 Å². The van der Waals surface area contributed by atoms with Crippen LogP contribution in [0.5, 0.6) is 0 Å². The molecular weight excluding hydrogens is 1510 g/mol. The highest BCUT2D eigenvalue weighted by Gasteiger charge is 2.23. The first kappa shape index (κ1) is 72.5. The van der Waals surface area contributed by atoms with Crippen molar-refractivity contribution in [2.75, 3.05) is 0 Å². The van der Waals surface area contributed by atoms with E-state index in [1.54, 1.807) is 0 Å². The molecule has 18 aromatic carbocycles. The second-order valence-corrected chi connectivity index (χ2v) is 31.6. The van der Waals surface area contributed by atoms with Gasteiger partial charge in [-0.05, 0) is 137 Å². The van der Waals surface area contributed by atoms with E-state index in [1.807, 2.05) is 48.5 Å². The van der Waals surface area contributed by atoms with Crippen molar-refractivity contribution < 1.29 is 0 Å². The Kier molecular flexibility index (Phi) is 18.1. The first-order valence-corrected chi connectivity index (χ1v) is 42.1. The quantitative estimate of drug-likeness (QED) is 0.109. The SMILES string of the molecule is c1ccc(-c2cc(-c3ccccc3)nc(-c3ccc(-c4cccc(-n5c6ccccc6c6cccc(-c7cccc(-n8c9ccccc9c9ccccc98)c7)c65)c4)cc3)n2)cc1.c1ccc(-c2cc(-c3ccccc3)nc(-c3cccc(-c4cccc(-n5c6ccccc6c6cccc(-c7cccc(-n8c9ccccc9c9ccccc98)c7)c65)c4)c3)n2)cc1. The summed E-state index contributed by atoms with van der Waals surface area (Å²) < 4.78 is 9.68. The third-order valence-corrected chi connectivity index (χ3v) is 24.3. The van der Waals surface area contributed by atoms with Crippen molar-refractivity contribution in [3.8, 4) is 135 Å². The standard InChI is InChI=1S/2C58H38N4/c1-3-17-39(18-4-1)52-38-53(40-19-5-2-6-20-40)60-58(59-52)44-24-13-21-41(35-44)42-22-14-26-46(36-42)62-56-34-12-9-29-50(56)51-31-16-30-47(57(51)62)43-23-15-25-45(37-43)61-54-32-10-7-27-48(54)49-28-8-11-33-55(49)61;1-3-16-40(17-4-1)52-38-53(41-18-5-2-6-19-41)60-58(59-52)42-34-32-39(33-35-42)43-20-13-23-46(36-43)62-56-31-12-9-26-50(56)51-28-15-27-47(57(51)62)44-21-14-22-45(37-44)61-54-29-10-7-24-48(54)49-25-8-11-30-55(49)61/h2*1-38H. The molecule has 0 bridgehead atoms. The largest absolute Gasteiger partial charge is 0.309 e. The van der Waals surface area contributed by atoms with Gasteiger partial charge in [0.1, 0.15) is 0 Å². The average molecular weight is 1580 g/mol. The molecule has 8 nitrogen and oxygen atoms in total. The van der Waals surface area contributed by atoms with Crippen molar-refractivity contribution in [3.05, 3.63) is 461 Å². The van der Waals surface area contributed by atoms with Gasteiger partial charge in [0.25, 0.3) is 0 Å². The second kappa shape index (κ2) is 30.9. The van der Waals surface area contributed by atoms with Gasteiger partial charge in [-0.2, -0.15) is 0 Å². The number of rotatable bonds is 14. The van der Waals surface area contributed by atoms with Gasteiger partial charge in [-0.25, -0.2) is 19.9 Å². The Labute approximate surface area is 716 Å². The predicted molar refractivity (Wildman–Crippen MR) is 516 cm³/mol. The minimum Gasteiger partial charge on any atom is -0.309 e. The normalized spacial score (nSPS) is 11.5. The minimum atomic E-state index is 0.693. The lowest BCUT2D eigenvalue weighted by Gasteiger charge is -2.15. The Morgan fingerprint density at radius 1 is 0.137 bits per heavy atom. The van der Waals surface area contributed by atoms with E-state index in [-0.39, 0.29) is 0 Å². The van der Waals surface area contributed by atoms with Gasteiger partial charge in [-0.1, -0.05) is 358 Å². The van der Waals surface area contributed by atoms with Crippen molar-refractivity contribution in [1.82, 2.24) is 38.2 Å². The molecule has 0 aliphatic carbocycles. The summed E-state index contributed by atoms with van der Waals surface area (Å²) in [5, 5.41) is 9.92. The van der Waals surface area contributed by atoms with E-state index in [0.717, 1.165) is 107 Å². The molecule has 0 atom stereocenters. The number of fused-ring (bicyclic) bond motifs is 12. The van der Waals surface area contributed by atoms with Crippen molar-refractivity contribution in [1.29, 1.82) is 0 Å². The summed E-state index contributed by atoms with van der Waals surface area (Å²) in [5.74, 6) is 1.39. The molecule has 0 aliphatic rings. The second-order valence-electron chi connectivity index (χ2n) is 31.6. The maximum absolute atomic E-state index is 5.13. The maximum Gasteiger partial charge on any atom is 0.160 e. The molecule has 0 N–H and O–H groups in total. The molecule has 0 aliphatic heterocycles. The van der Waals surface area contributed by atoms with E-state index in [1.165, 1.54) is 104 Å². The van der Waals surface area contributed by atoms with Gasteiger partial charge < -0.3 is 18.3 Å². The highest BCUT2D eigenvalue weighted by Crippen LogP contribution is 2.45. The molecule has 124 heavy (non-hydrogen) atoms. The molecule has 0 unspecified atom stereocenters. The number of aromatic nitrogens is 8. The summed E-state index contributed by atoms with van der Waals surface area (Å²) in [6.07, 6.45) is 0. The van der Waals surface area contributed by atoms with Crippen LogP contribution >= 0.6 is 0 Å². The third-order valence-electron chi connectivity index (χ3n) is 24.3. The van der Waals surface area contributed by atoms with Crippen LogP contribution in [0.2, 0.25) is 0 Å². The first-order valence-electron chi connectivity index (χ1n) is 42.1. The molecule has 0 fully saturated rings. The van der Waals surface area contributed by atoms with Crippen molar-refractivity contribution in [3.63, 3.8) is 0 Å². The van der Waals surface area contributed by atoms with Crippen molar-refractivity contribution in [2.24, 2.45) is 0 Å². The minimum absolute atomic E-state index is 0.693. The Morgan fingerprint density at radius 3 is 0.734 bits per heavy atom. The summed E-state index contributed by atoms with van der Waals surface area (Å²) in [5.41, 5.74) is 32.9. The summed E-state index contributed by atoms with van der Waals surface area (Å²) in [6.45, 7) is 0. The lowest BCUT2D eigenvalue weighted by Crippen LogP contribution is -1.97. The number of hydrogen-bond acceptors (Lipinski definition) is 4. The molecule has 6 heterocycles. The molecule has 24 aromatic rings. The van der Waals surface area contributed by atoms with Gasteiger partial charge in [0, 0.05) is 110 Å². The van der Waals surface area contributed by atoms with Crippen molar-refractivity contribution in [2.45, 2.75) is 0 Å². The number of hydrogen-bond donors (Lipinski definition) is 0. The zero-order valence-electron chi connectivity index (χ0n) is 67.5. The summed E-state index contributed by atoms with van der Waals surface area (Å²) in [4.78, 5) is 20.4. The van der Waals surface area contributed by atoms with E-state index in [0.29, 0.717) is 11.6 Å². The highest BCUT2D eigenvalue weighted by atomic mass is 15.0. The highest BCUT2D eigenvalue weighted by molar-refractivity contribution is 6.16. The van der Waals surface area contributed by atoms with Gasteiger partial charge in [0.05, 0.1) is 66.9 Å². The molecular formula is C116H76N8. The van der Waals surface area contributed by atoms with Crippen LogP contribution in [0.3, 0.4) is 0 Å². The Hall–Kier alpha value is -16.7. The van der Waals surface area contributed by atoms with E-state index in [4.69, 9.17) is 19.9 Å². The zero-order chi connectivity index (χ0) is 82.0. The third kappa shape index (κ3) is 13.0. The zero-order valence-corrected chi connectivity index (χ0v) is 67.5. The van der Waals surface area contributed by atoms with Gasteiger partial charge >= 0.3 is 0 Å². The number of nitrogens with zero attached hydrogens (tertiary/aromatic N) is 8. The molecule has 580 valence electrons. The molecule has 24 rings (SSSR count). The summed E-state index contributed by atoms with van der Waals surface area (Å²) in [6, 6.07) is 164. The Bertz CT molecular complexity index is 8000. The maximum atomic E-state index is 5.13. The van der Waals surface area contributed by atoms with Gasteiger partial charge in [0.2, 0.25) is 0 Å². The van der Waals surface area contributed by atoms with Gasteiger partial charge in [-0.15, -0.1) is 0 Å². The predicted octanol–water partition coefficient (Wildman–Crippen LogP) is 30.0. The van der Waals surface area contributed by atoms with Crippen LogP contribution in [-0.2, 0) is 0 Å². The molecule has 0 amide bonds. The van der Waals surface area contributed by atoms with Crippen LogP contribution in [0.15, 0.2) is 461 Å². The molecule has 0 saturated heterocycles. The fraction of sp³-hybridized carbons (Fsp3) is 0. The summed E-state index contributed by atoms with van der Waals surface area (Å²) in [7, 11) is 0. The molecule has 0 spiro atoms. The smallest absolute Gasteiger partial charge is 0.160 e. The van der Waals surface area contributed by atoms with Crippen LogP contribution in [-0.4, -0.2) is 38.2 Å². The van der Waals surface area contributed by atoms with Crippen LogP contribution in [0.4, 0.5) is 0 Å². The number of benzene rings is 18. The molecule has 6 aromatic heterocycles. The molecule has 8 heteroatoms.